The summed E-state index contributed by atoms with van der Waals surface area (Å²) >= 11 is 0. The number of carbonyl (C=O) groups is 1. The van der Waals surface area contributed by atoms with Crippen molar-refractivity contribution in [3.8, 4) is 0 Å². The van der Waals surface area contributed by atoms with Crippen molar-refractivity contribution < 1.29 is 13.9 Å². The molecular formula is C17H22FN3O2. The molecule has 0 aliphatic carbocycles. The molecule has 3 rings (SSSR count). The molecule has 2 heterocycles. The average Bonchev–Trinajstić information content (AvgIpc) is 2.84. The number of nitrogens with zero attached hydrogens (tertiary/aromatic N) is 1. The number of halogens is 1. The Balaban J connectivity index is 1.66. The number of H-pyrrole nitrogens is 1. The average molecular weight is 319 g/mol. The van der Waals surface area contributed by atoms with Crippen molar-refractivity contribution >= 4 is 16.9 Å². The fraction of sp³-hybridized carbons (Fsp3) is 0.471. The lowest BCUT2D eigenvalue weighted by molar-refractivity contribution is -0.00772. The molecule has 1 saturated heterocycles. The molecule has 0 radical (unpaired) electrons. The van der Waals surface area contributed by atoms with Crippen LogP contribution in [-0.4, -0.2) is 42.2 Å². The van der Waals surface area contributed by atoms with Gasteiger partial charge in [-0.1, -0.05) is 13.8 Å². The van der Waals surface area contributed by atoms with Crippen LogP contribution < -0.4 is 5.32 Å². The van der Waals surface area contributed by atoms with E-state index < -0.39 is 0 Å². The predicted molar refractivity (Wildman–Crippen MR) is 87.0 cm³/mol. The van der Waals surface area contributed by atoms with Gasteiger partial charge in [-0.25, -0.2) is 9.18 Å². The summed E-state index contributed by atoms with van der Waals surface area (Å²) in [5.41, 5.74) is 2.45. The number of aromatic amines is 1. The van der Waals surface area contributed by atoms with Gasteiger partial charge in [-0.2, -0.15) is 0 Å². The van der Waals surface area contributed by atoms with E-state index in [0.29, 0.717) is 25.2 Å². The van der Waals surface area contributed by atoms with Crippen molar-refractivity contribution in [2.24, 2.45) is 0 Å². The Morgan fingerprint density at radius 1 is 1.43 bits per heavy atom. The number of carbonyl (C=O) groups excluding carboxylic acids is 1. The van der Waals surface area contributed by atoms with Crippen LogP contribution in [0.2, 0.25) is 0 Å². The normalized spacial score (nSPS) is 15.3. The van der Waals surface area contributed by atoms with Gasteiger partial charge in [0.25, 0.3) is 0 Å². The van der Waals surface area contributed by atoms with Gasteiger partial charge in [0.05, 0.1) is 25.7 Å². The van der Waals surface area contributed by atoms with Crippen molar-refractivity contribution in [2.75, 3.05) is 20.2 Å². The lowest BCUT2D eigenvalue weighted by Gasteiger charge is -2.37. The molecule has 2 amide bonds. The number of benzene rings is 1. The number of fused-ring (bicyclic) bond motifs is 1. The summed E-state index contributed by atoms with van der Waals surface area (Å²) in [6.45, 7) is 5.57. The Labute approximate surface area is 134 Å². The van der Waals surface area contributed by atoms with Gasteiger partial charge in [-0.05, 0) is 29.7 Å². The zero-order valence-electron chi connectivity index (χ0n) is 13.6. The van der Waals surface area contributed by atoms with Crippen molar-refractivity contribution in [1.29, 1.82) is 0 Å². The monoisotopic (exact) mass is 319 g/mol. The molecule has 124 valence electrons. The van der Waals surface area contributed by atoms with E-state index in [1.165, 1.54) is 0 Å². The molecule has 2 aromatic rings. The summed E-state index contributed by atoms with van der Waals surface area (Å²) < 4.78 is 19.2. The van der Waals surface area contributed by atoms with E-state index in [1.807, 2.05) is 26.0 Å². The highest BCUT2D eigenvalue weighted by molar-refractivity contribution is 5.82. The second kappa shape index (κ2) is 6.20. The van der Waals surface area contributed by atoms with Gasteiger partial charge >= 0.3 is 6.03 Å². The van der Waals surface area contributed by atoms with Crippen molar-refractivity contribution in [2.45, 2.75) is 32.4 Å². The van der Waals surface area contributed by atoms with Crippen molar-refractivity contribution in [3.63, 3.8) is 0 Å². The largest absolute Gasteiger partial charge is 0.378 e. The maximum absolute atomic E-state index is 14.0. The van der Waals surface area contributed by atoms with Crippen LogP contribution in [0, 0.1) is 5.82 Å². The molecule has 0 bridgehead atoms. The molecule has 1 aromatic carbocycles. The molecule has 2 N–H and O–H groups in total. The SMILES string of the molecule is COC1CN(C(=O)NCc2cc3cc(F)c(C(C)C)cc3[nH]2)C1. The third-order valence-electron chi connectivity index (χ3n) is 4.31. The Morgan fingerprint density at radius 2 is 2.17 bits per heavy atom. The Kier molecular flexibility index (Phi) is 4.26. The molecule has 1 fully saturated rings. The maximum Gasteiger partial charge on any atom is 0.317 e. The topological polar surface area (TPSA) is 57.4 Å². The number of hydrogen-bond acceptors (Lipinski definition) is 2. The highest BCUT2D eigenvalue weighted by Crippen LogP contribution is 2.25. The highest BCUT2D eigenvalue weighted by Gasteiger charge is 2.30. The smallest absolute Gasteiger partial charge is 0.317 e. The number of methoxy groups -OCH3 is 1. The van der Waals surface area contributed by atoms with E-state index in [4.69, 9.17) is 4.74 Å². The first-order chi connectivity index (χ1) is 11.0. The summed E-state index contributed by atoms with van der Waals surface area (Å²) in [5.74, 6) is -0.0562. The fourth-order valence-electron chi connectivity index (χ4n) is 2.80. The van der Waals surface area contributed by atoms with Crippen LogP contribution in [0.3, 0.4) is 0 Å². The maximum atomic E-state index is 14.0. The summed E-state index contributed by atoms with van der Waals surface area (Å²) in [5, 5.41) is 3.68. The molecule has 23 heavy (non-hydrogen) atoms. The first-order valence-corrected chi connectivity index (χ1v) is 7.84. The number of rotatable bonds is 4. The summed E-state index contributed by atoms with van der Waals surface area (Å²) in [6.07, 6.45) is 0.145. The van der Waals surface area contributed by atoms with Crippen molar-refractivity contribution in [3.05, 3.63) is 35.3 Å². The van der Waals surface area contributed by atoms with Crippen LogP contribution >= 0.6 is 0 Å². The van der Waals surface area contributed by atoms with Crippen molar-refractivity contribution in [1.82, 2.24) is 15.2 Å². The van der Waals surface area contributed by atoms with Crippen LogP contribution in [0.4, 0.5) is 9.18 Å². The van der Waals surface area contributed by atoms with Gasteiger partial charge in [0.2, 0.25) is 0 Å². The second-order valence-corrected chi connectivity index (χ2v) is 6.33. The van der Waals surface area contributed by atoms with Crippen LogP contribution in [0.5, 0.6) is 0 Å². The molecule has 1 aliphatic rings. The minimum Gasteiger partial charge on any atom is -0.378 e. The third kappa shape index (κ3) is 3.17. The molecule has 0 spiro atoms. The second-order valence-electron chi connectivity index (χ2n) is 6.33. The summed E-state index contributed by atoms with van der Waals surface area (Å²) in [4.78, 5) is 16.9. The van der Waals surface area contributed by atoms with E-state index in [-0.39, 0.29) is 23.9 Å². The Bertz CT molecular complexity index is 720. The van der Waals surface area contributed by atoms with Crippen LogP contribution in [0.25, 0.3) is 10.9 Å². The van der Waals surface area contributed by atoms with Crippen LogP contribution in [-0.2, 0) is 11.3 Å². The number of urea groups is 1. The third-order valence-corrected chi connectivity index (χ3v) is 4.31. The molecule has 0 unspecified atom stereocenters. The number of ether oxygens (including phenoxy) is 1. The molecule has 1 aliphatic heterocycles. The zero-order chi connectivity index (χ0) is 16.6. The number of likely N-dealkylation sites (tertiary alicyclic amines) is 1. The minimum atomic E-state index is -0.187. The van der Waals surface area contributed by atoms with E-state index >= 15 is 0 Å². The van der Waals surface area contributed by atoms with Crippen LogP contribution in [0.1, 0.15) is 31.0 Å². The van der Waals surface area contributed by atoms with E-state index in [1.54, 1.807) is 18.1 Å². The molecule has 0 atom stereocenters. The predicted octanol–water partition coefficient (Wildman–Crippen LogP) is 2.97. The lowest BCUT2D eigenvalue weighted by atomic mass is 10.0. The standard InChI is InChI=1S/C17H22FN3O2/c1-10(2)14-6-16-11(5-15(14)18)4-12(20-16)7-19-17(22)21-8-13(9-21)23-3/h4-6,10,13,20H,7-9H2,1-3H3,(H,19,22). The lowest BCUT2D eigenvalue weighted by Crippen LogP contribution is -2.57. The number of aromatic nitrogens is 1. The molecule has 5 nitrogen and oxygen atoms in total. The first kappa shape index (κ1) is 15.8. The van der Waals surface area contributed by atoms with E-state index in [0.717, 1.165) is 16.6 Å². The quantitative estimate of drug-likeness (QED) is 0.910. The van der Waals surface area contributed by atoms with Gasteiger partial charge in [-0.3, -0.25) is 0 Å². The summed E-state index contributed by atoms with van der Waals surface area (Å²) in [7, 11) is 1.65. The van der Waals surface area contributed by atoms with Gasteiger partial charge in [0.15, 0.2) is 0 Å². The number of amides is 2. The Morgan fingerprint density at radius 3 is 2.83 bits per heavy atom. The molecule has 0 saturated carbocycles. The fourth-order valence-corrected chi connectivity index (χ4v) is 2.80. The Hall–Kier alpha value is -2.08. The number of hydrogen-bond donors (Lipinski definition) is 2. The minimum absolute atomic E-state index is 0.106. The molecular weight excluding hydrogens is 297 g/mol. The van der Waals surface area contributed by atoms with Gasteiger partial charge in [0.1, 0.15) is 5.82 Å². The first-order valence-electron chi connectivity index (χ1n) is 7.84. The van der Waals surface area contributed by atoms with Gasteiger partial charge in [-0.15, -0.1) is 0 Å². The van der Waals surface area contributed by atoms with E-state index in [2.05, 4.69) is 10.3 Å². The highest BCUT2D eigenvalue weighted by atomic mass is 19.1. The van der Waals surface area contributed by atoms with E-state index in [9.17, 15) is 9.18 Å². The summed E-state index contributed by atoms with van der Waals surface area (Å²) in [6, 6.07) is 5.16. The molecule has 1 aromatic heterocycles. The molecule has 6 heteroatoms. The van der Waals surface area contributed by atoms with Gasteiger partial charge in [0, 0.05) is 23.7 Å². The van der Waals surface area contributed by atoms with Gasteiger partial charge < -0.3 is 19.9 Å². The zero-order valence-corrected chi connectivity index (χ0v) is 13.6. The number of nitrogens with one attached hydrogen (secondary N) is 2. The van der Waals surface area contributed by atoms with Crippen LogP contribution in [0.15, 0.2) is 18.2 Å².